The molecule has 2 bridgehead atoms. The average Bonchev–Trinajstić information content (AvgIpc) is 2.71. The third kappa shape index (κ3) is 6.56. The molecule has 0 fully saturated rings. The summed E-state index contributed by atoms with van der Waals surface area (Å²) in [6, 6.07) is 7.52. The third-order valence-electron chi connectivity index (χ3n) is 5.47. The zero-order valence-corrected chi connectivity index (χ0v) is 17.4. The summed E-state index contributed by atoms with van der Waals surface area (Å²) in [5.41, 5.74) is 2.67. The number of Topliss-reactive ketones (excluding diaryl/α,β-unsaturated/α-hetero) is 1. The van der Waals surface area contributed by atoms with Gasteiger partial charge in [-0.2, -0.15) is 0 Å². The summed E-state index contributed by atoms with van der Waals surface area (Å²) in [6.07, 6.45) is 1.99. The fourth-order valence-electron chi connectivity index (χ4n) is 3.98. The van der Waals surface area contributed by atoms with Crippen molar-refractivity contribution in [3.63, 3.8) is 0 Å². The predicted molar refractivity (Wildman–Crippen MR) is 108 cm³/mol. The van der Waals surface area contributed by atoms with E-state index in [2.05, 4.69) is 5.32 Å². The number of amides is 2. The van der Waals surface area contributed by atoms with Crippen LogP contribution in [-0.2, 0) is 20.8 Å². The van der Waals surface area contributed by atoms with Crippen LogP contribution >= 0.6 is 0 Å². The van der Waals surface area contributed by atoms with E-state index in [1.165, 1.54) is 0 Å². The number of hydrogen-bond donors (Lipinski definition) is 3. The van der Waals surface area contributed by atoms with Crippen LogP contribution in [0.2, 0.25) is 0 Å². The van der Waals surface area contributed by atoms with Crippen molar-refractivity contribution in [2.75, 3.05) is 13.7 Å². The van der Waals surface area contributed by atoms with Crippen molar-refractivity contribution in [2.24, 2.45) is 23.7 Å². The first-order valence-electron chi connectivity index (χ1n) is 10.3. The van der Waals surface area contributed by atoms with E-state index in [4.69, 9.17) is 4.74 Å². The standard InChI is InChI=1S/C22H32N2O5/c1-14(2)11-19-18(22(27)24-28)5-4-10-29-17-8-6-15(7-9-17)12-16(13-20(19)25)21(26)23-3/h6-9,14,16,18-19,28H,4-5,10-13H2,1-3H3,(H,23,26)(H,24,27)/t16-,18+,19-/m1/s1. The molecule has 2 aliphatic rings. The Bertz CT molecular complexity index is 702. The zero-order valence-electron chi connectivity index (χ0n) is 17.4. The Morgan fingerprint density at radius 3 is 2.45 bits per heavy atom. The molecule has 29 heavy (non-hydrogen) atoms. The first kappa shape index (κ1) is 22.9. The van der Waals surface area contributed by atoms with Crippen LogP contribution in [0.3, 0.4) is 0 Å². The minimum atomic E-state index is -0.660. The molecule has 0 aromatic heterocycles. The summed E-state index contributed by atoms with van der Waals surface area (Å²) < 4.78 is 5.75. The van der Waals surface area contributed by atoms with Crippen molar-refractivity contribution in [3.8, 4) is 5.75 Å². The number of nitrogens with one attached hydrogen (secondary N) is 2. The number of carbonyl (C=O) groups excluding carboxylic acids is 3. The molecular formula is C22H32N2O5. The highest BCUT2D eigenvalue weighted by Gasteiger charge is 2.35. The molecule has 0 saturated carbocycles. The third-order valence-corrected chi connectivity index (χ3v) is 5.47. The van der Waals surface area contributed by atoms with Gasteiger partial charge in [0.1, 0.15) is 11.5 Å². The summed E-state index contributed by atoms with van der Waals surface area (Å²) >= 11 is 0. The van der Waals surface area contributed by atoms with Gasteiger partial charge in [0.2, 0.25) is 11.8 Å². The summed E-state index contributed by atoms with van der Waals surface area (Å²) in [5.74, 6) is -1.69. The summed E-state index contributed by atoms with van der Waals surface area (Å²) in [7, 11) is 1.56. The van der Waals surface area contributed by atoms with E-state index in [1.54, 1.807) is 12.5 Å². The lowest BCUT2D eigenvalue weighted by Crippen LogP contribution is -2.39. The molecule has 3 rings (SSSR count). The van der Waals surface area contributed by atoms with Crippen LogP contribution in [0.5, 0.6) is 5.75 Å². The molecule has 1 aromatic carbocycles. The van der Waals surface area contributed by atoms with Gasteiger partial charge in [0.05, 0.1) is 6.61 Å². The fraction of sp³-hybridized carbons (Fsp3) is 0.591. The highest BCUT2D eigenvalue weighted by molar-refractivity contribution is 5.91. The Morgan fingerprint density at radius 1 is 1.17 bits per heavy atom. The van der Waals surface area contributed by atoms with E-state index in [0.717, 1.165) is 11.3 Å². The largest absolute Gasteiger partial charge is 0.494 e. The second-order valence-electron chi connectivity index (χ2n) is 8.14. The molecule has 7 heteroatoms. The van der Waals surface area contributed by atoms with Gasteiger partial charge in [-0.25, -0.2) is 5.48 Å². The van der Waals surface area contributed by atoms with Crippen molar-refractivity contribution in [1.29, 1.82) is 0 Å². The lowest BCUT2D eigenvalue weighted by molar-refractivity contribution is -0.141. The maximum atomic E-state index is 13.3. The number of benzene rings is 1. The van der Waals surface area contributed by atoms with Crippen molar-refractivity contribution in [3.05, 3.63) is 29.8 Å². The van der Waals surface area contributed by atoms with Crippen LogP contribution in [0.4, 0.5) is 0 Å². The minimum Gasteiger partial charge on any atom is -0.494 e. The molecule has 0 saturated heterocycles. The van der Waals surface area contributed by atoms with Gasteiger partial charge in [-0.15, -0.1) is 0 Å². The van der Waals surface area contributed by atoms with E-state index in [9.17, 15) is 19.6 Å². The normalized spacial score (nSPS) is 23.2. The Labute approximate surface area is 172 Å². The average molecular weight is 405 g/mol. The first-order chi connectivity index (χ1) is 13.8. The van der Waals surface area contributed by atoms with Crippen LogP contribution in [0.1, 0.15) is 45.1 Å². The second-order valence-corrected chi connectivity index (χ2v) is 8.14. The Hall–Kier alpha value is -2.41. The molecule has 0 radical (unpaired) electrons. The second kappa shape index (κ2) is 11.0. The van der Waals surface area contributed by atoms with Crippen molar-refractivity contribution < 1.29 is 24.3 Å². The van der Waals surface area contributed by atoms with Crippen LogP contribution < -0.4 is 15.5 Å². The van der Waals surface area contributed by atoms with Gasteiger partial charge < -0.3 is 10.1 Å². The van der Waals surface area contributed by atoms with E-state index < -0.39 is 23.7 Å². The molecule has 7 nitrogen and oxygen atoms in total. The molecule has 2 aliphatic heterocycles. The fourth-order valence-corrected chi connectivity index (χ4v) is 3.98. The molecule has 2 heterocycles. The van der Waals surface area contributed by atoms with Gasteiger partial charge in [0.15, 0.2) is 0 Å². The first-order valence-corrected chi connectivity index (χ1v) is 10.3. The monoisotopic (exact) mass is 404 g/mol. The predicted octanol–water partition coefficient (Wildman–Crippen LogP) is 2.51. The van der Waals surface area contributed by atoms with E-state index >= 15 is 0 Å². The number of fused-ring (bicyclic) bond motifs is 11. The maximum Gasteiger partial charge on any atom is 0.247 e. The molecule has 0 aliphatic carbocycles. The van der Waals surface area contributed by atoms with Crippen LogP contribution in [0.15, 0.2) is 24.3 Å². The summed E-state index contributed by atoms with van der Waals surface area (Å²) in [5, 5.41) is 11.9. The number of ether oxygens (including phenoxy) is 1. The number of ketones is 1. The molecule has 3 N–H and O–H groups in total. The lowest BCUT2D eigenvalue weighted by atomic mass is 9.76. The maximum absolute atomic E-state index is 13.3. The van der Waals surface area contributed by atoms with Gasteiger partial charge in [-0.05, 0) is 49.3 Å². The SMILES string of the molecule is CNC(=O)[C@H]1CC(=O)[C@H](CC(C)C)[C@@H](C(=O)NO)CCCOc2ccc(cc2)C1. The van der Waals surface area contributed by atoms with Crippen LogP contribution in [-0.4, -0.2) is 36.5 Å². The highest BCUT2D eigenvalue weighted by atomic mass is 16.5. The van der Waals surface area contributed by atoms with Crippen LogP contribution in [0.25, 0.3) is 0 Å². The Morgan fingerprint density at radius 2 is 1.86 bits per heavy atom. The van der Waals surface area contributed by atoms with Gasteiger partial charge in [-0.3, -0.25) is 19.6 Å². The number of carbonyl (C=O) groups is 3. The molecule has 160 valence electrons. The molecule has 3 atom stereocenters. The van der Waals surface area contributed by atoms with Gasteiger partial charge in [0, 0.05) is 31.2 Å². The lowest BCUT2D eigenvalue weighted by Gasteiger charge is -2.28. The Kier molecular flexibility index (Phi) is 8.64. The van der Waals surface area contributed by atoms with Gasteiger partial charge >= 0.3 is 0 Å². The topological polar surface area (TPSA) is 105 Å². The smallest absolute Gasteiger partial charge is 0.247 e. The van der Waals surface area contributed by atoms with Crippen molar-refractivity contribution in [2.45, 2.75) is 46.0 Å². The molecule has 0 spiro atoms. The molecule has 2 amide bonds. The van der Waals surface area contributed by atoms with E-state index in [1.807, 2.05) is 38.1 Å². The van der Waals surface area contributed by atoms with Crippen molar-refractivity contribution >= 4 is 17.6 Å². The van der Waals surface area contributed by atoms with Gasteiger partial charge in [0.25, 0.3) is 0 Å². The molecule has 0 unspecified atom stereocenters. The minimum absolute atomic E-state index is 0.0600. The number of hydroxylamine groups is 1. The highest BCUT2D eigenvalue weighted by Crippen LogP contribution is 2.30. The summed E-state index contributed by atoms with van der Waals surface area (Å²) in [4.78, 5) is 38.1. The zero-order chi connectivity index (χ0) is 21.4. The van der Waals surface area contributed by atoms with E-state index in [0.29, 0.717) is 32.3 Å². The van der Waals surface area contributed by atoms with E-state index in [-0.39, 0.29) is 24.0 Å². The van der Waals surface area contributed by atoms with Gasteiger partial charge in [-0.1, -0.05) is 26.0 Å². The molecule has 1 aromatic rings. The Balaban J connectivity index is 2.38. The van der Waals surface area contributed by atoms with Crippen LogP contribution in [0, 0.1) is 23.7 Å². The molecular weight excluding hydrogens is 372 g/mol. The number of hydrogen-bond acceptors (Lipinski definition) is 5. The number of rotatable bonds is 4. The summed E-state index contributed by atoms with van der Waals surface area (Å²) in [6.45, 7) is 4.40. The quantitative estimate of drug-likeness (QED) is 0.528. The van der Waals surface area contributed by atoms with Crippen molar-refractivity contribution in [1.82, 2.24) is 10.8 Å².